The molecule has 2 heterocycles. The van der Waals surface area contributed by atoms with E-state index >= 15 is 0 Å². The summed E-state index contributed by atoms with van der Waals surface area (Å²) in [6.45, 7) is 2.83. The largest absolute Gasteiger partial charge is 0.371 e. The van der Waals surface area contributed by atoms with Crippen LogP contribution in [0.4, 0.5) is 4.39 Å². The minimum Gasteiger partial charge on any atom is -0.371 e. The first kappa shape index (κ1) is 13.5. The molecule has 0 aliphatic carbocycles. The highest BCUT2D eigenvalue weighted by Gasteiger charge is 2.24. The van der Waals surface area contributed by atoms with E-state index in [2.05, 4.69) is 10.1 Å². The Balaban J connectivity index is 1.71. The van der Waals surface area contributed by atoms with Crippen molar-refractivity contribution in [2.24, 2.45) is 0 Å². The Morgan fingerprint density at radius 2 is 2.30 bits per heavy atom. The molecule has 4 nitrogen and oxygen atoms in total. The first-order valence-corrected chi connectivity index (χ1v) is 6.78. The van der Waals surface area contributed by atoms with E-state index in [-0.39, 0.29) is 11.9 Å². The Morgan fingerprint density at radius 3 is 3.05 bits per heavy atom. The lowest BCUT2D eigenvalue weighted by molar-refractivity contribution is -0.0334. The molecule has 1 atom stereocenters. The Labute approximate surface area is 121 Å². The highest BCUT2D eigenvalue weighted by atomic mass is 35.5. The molecule has 0 unspecified atom stereocenters. The maximum atomic E-state index is 13.1. The monoisotopic (exact) mass is 296 g/mol. The average molecular weight is 297 g/mol. The van der Waals surface area contributed by atoms with Crippen molar-refractivity contribution < 1.29 is 13.7 Å². The number of rotatable bonds is 3. The van der Waals surface area contributed by atoms with Gasteiger partial charge in [-0.25, -0.2) is 4.39 Å². The van der Waals surface area contributed by atoms with Crippen molar-refractivity contribution >= 4 is 11.6 Å². The number of halogens is 2. The van der Waals surface area contributed by atoms with Crippen LogP contribution in [0.1, 0.15) is 17.4 Å². The third kappa shape index (κ3) is 3.00. The van der Waals surface area contributed by atoms with Crippen LogP contribution in [0.25, 0.3) is 0 Å². The second kappa shape index (κ2) is 5.91. The fourth-order valence-corrected chi connectivity index (χ4v) is 2.63. The molecule has 1 aromatic heterocycles. The quantitative estimate of drug-likeness (QED) is 0.872. The van der Waals surface area contributed by atoms with E-state index in [4.69, 9.17) is 20.9 Å². The topological polar surface area (TPSA) is 38.5 Å². The van der Waals surface area contributed by atoms with Crippen molar-refractivity contribution in [1.29, 1.82) is 0 Å². The van der Waals surface area contributed by atoms with Crippen LogP contribution in [0, 0.1) is 5.82 Å². The Kier molecular flexibility index (Phi) is 4.00. The fourth-order valence-electron chi connectivity index (χ4n) is 2.35. The number of hydrogen-bond acceptors (Lipinski definition) is 4. The fraction of sp³-hybridized carbons (Fsp3) is 0.357. The van der Waals surface area contributed by atoms with E-state index in [0.717, 1.165) is 17.8 Å². The maximum absolute atomic E-state index is 13.1. The molecular weight excluding hydrogens is 283 g/mol. The maximum Gasteiger partial charge on any atom is 0.124 e. The SMILES string of the molecule is Fc1ccc([C@H]2CN(Cc3ccon3)CCO2)c(Cl)c1. The number of nitrogens with zero attached hydrogens (tertiary/aromatic N) is 2. The molecule has 20 heavy (non-hydrogen) atoms. The minimum absolute atomic E-state index is 0.149. The van der Waals surface area contributed by atoms with Gasteiger partial charge in [-0.1, -0.05) is 22.8 Å². The van der Waals surface area contributed by atoms with Crippen molar-refractivity contribution in [2.45, 2.75) is 12.6 Å². The van der Waals surface area contributed by atoms with Gasteiger partial charge in [-0.05, 0) is 12.1 Å². The number of morpholine rings is 1. The Bertz CT molecular complexity index is 577. The summed E-state index contributed by atoms with van der Waals surface area (Å²) in [6, 6.07) is 6.25. The van der Waals surface area contributed by atoms with Crippen molar-refractivity contribution in [3.8, 4) is 0 Å². The summed E-state index contributed by atoms with van der Waals surface area (Å²) < 4.78 is 23.7. The summed E-state index contributed by atoms with van der Waals surface area (Å²) in [5.41, 5.74) is 1.70. The Morgan fingerprint density at radius 1 is 1.40 bits per heavy atom. The van der Waals surface area contributed by atoms with Crippen molar-refractivity contribution in [2.75, 3.05) is 19.7 Å². The molecule has 0 radical (unpaired) electrons. The van der Waals surface area contributed by atoms with Gasteiger partial charge in [-0.3, -0.25) is 4.90 Å². The van der Waals surface area contributed by atoms with Gasteiger partial charge in [0.15, 0.2) is 0 Å². The summed E-state index contributed by atoms with van der Waals surface area (Å²) in [5, 5.41) is 4.31. The molecule has 106 valence electrons. The molecule has 1 aliphatic rings. The van der Waals surface area contributed by atoms with Crippen LogP contribution in [0.2, 0.25) is 5.02 Å². The van der Waals surface area contributed by atoms with Gasteiger partial charge in [0.1, 0.15) is 12.1 Å². The van der Waals surface area contributed by atoms with Crippen LogP contribution in [0.5, 0.6) is 0 Å². The number of benzene rings is 1. The molecule has 0 N–H and O–H groups in total. The van der Waals surface area contributed by atoms with Crippen LogP contribution < -0.4 is 0 Å². The average Bonchev–Trinajstić information content (AvgIpc) is 2.92. The first-order chi connectivity index (χ1) is 9.72. The van der Waals surface area contributed by atoms with Crippen LogP contribution in [-0.2, 0) is 11.3 Å². The van der Waals surface area contributed by atoms with E-state index in [1.54, 1.807) is 12.3 Å². The van der Waals surface area contributed by atoms with E-state index in [9.17, 15) is 4.39 Å². The van der Waals surface area contributed by atoms with Gasteiger partial charge in [0, 0.05) is 36.3 Å². The van der Waals surface area contributed by atoms with Gasteiger partial charge in [-0.2, -0.15) is 0 Å². The smallest absolute Gasteiger partial charge is 0.124 e. The summed E-state index contributed by atoms with van der Waals surface area (Å²) in [6.07, 6.45) is 1.41. The van der Waals surface area contributed by atoms with E-state index in [0.29, 0.717) is 24.7 Å². The normalized spacial score (nSPS) is 20.2. The van der Waals surface area contributed by atoms with Crippen LogP contribution in [0.3, 0.4) is 0 Å². The van der Waals surface area contributed by atoms with Crippen LogP contribution in [-0.4, -0.2) is 29.8 Å². The highest BCUT2D eigenvalue weighted by molar-refractivity contribution is 6.31. The van der Waals surface area contributed by atoms with Crippen LogP contribution >= 0.6 is 11.6 Å². The second-order valence-electron chi connectivity index (χ2n) is 4.75. The lowest BCUT2D eigenvalue weighted by Gasteiger charge is -2.32. The molecule has 0 amide bonds. The zero-order valence-corrected chi connectivity index (χ0v) is 11.5. The molecule has 3 rings (SSSR count). The predicted octanol–water partition coefficient (Wildman–Crippen LogP) is 3.04. The molecule has 0 spiro atoms. The van der Waals surface area contributed by atoms with Crippen molar-refractivity contribution in [1.82, 2.24) is 10.1 Å². The molecule has 0 bridgehead atoms. The molecular formula is C14H14ClFN2O2. The van der Waals surface area contributed by atoms with Gasteiger partial charge in [-0.15, -0.1) is 0 Å². The number of aromatic nitrogens is 1. The highest BCUT2D eigenvalue weighted by Crippen LogP contribution is 2.29. The van der Waals surface area contributed by atoms with Gasteiger partial charge in [0.25, 0.3) is 0 Å². The second-order valence-corrected chi connectivity index (χ2v) is 5.16. The first-order valence-electron chi connectivity index (χ1n) is 6.40. The molecule has 1 saturated heterocycles. The number of ether oxygens (including phenoxy) is 1. The van der Waals surface area contributed by atoms with E-state index in [1.165, 1.54) is 12.1 Å². The lowest BCUT2D eigenvalue weighted by Crippen LogP contribution is -2.38. The molecule has 2 aromatic rings. The van der Waals surface area contributed by atoms with Crippen molar-refractivity contribution in [3.05, 3.63) is 52.6 Å². The summed E-state index contributed by atoms with van der Waals surface area (Å²) in [7, 11) is 0. The third-order valence-corrected chi connectivity index (χ3v) is 3.66. The molecule has 1 fully saturated rings. The summed E-state index contributed by atoms with van der Waals surface area (Å²) in [4.78, 5) is 2.21. The minimum atomic E-state index is -0.339. The predicted molar refractivity (Wildman–Crippen MR) is 71.9 cm³/mol. The molecule has 1 aliphatic heterocycles. The molecule has 6 heteroatoms. The van der Waals surface area contributed by atoms with Gasteiger partial charge < -0.3 is 9.26 Å². The summed E-state index contributed by atoms with van der Waals surface area (Å²) in [5.74, 6) is -0.339. The lowest BCUT2D eigenvalue weighted by atomic mass is 10.1. The Hall–Kier alpha value is -1.43. The standard InChI is InChI=1S/C14H14ClFN2O2/c15-13-7-10(16)1-2-12(13)14-9-18(4-6-19-14)8-11-3-5-20-17-11/h1-3,5,7,14H,4,6,8-9H2/t14-/m1/s1. The molecule has 0 saturated carbocycles. The summed E-state index contributed by atoms with van der Waals surface area (Å²) >= 11 is 6.09. The molecule has 1 aromatic carbocycles. The van der Waals surface area contributed by atoms with Gasteiger partial charge >= 0.3 is 0 Å². The van der Waals surface area contributed by atoms with Gasteiger partial charge in [0.2, 0.25) is 0 Å². The zero-order valence-electron chi connectivity index (χ0n) is 10.8. The van der Waals surface area contributed by atoms with E-state index in [1.807, 2.05) is 6.07 Å². The third-order valence-electron chi connectivity index (χ3n) is 3.34. The van der Waals surface area contributed by atoms with Gasteiger partial charge in [0.05, 0.1) is 18.4 Å². The van der Waals surface area contributed by atoms with Crippen molar-refractivity contribution in [3.63, 3.8) is 0 Å². The zero-order chi connectivity index (χ0) is 13.9. The van der Waals surface area contributed by atoms with Crippen LogP contribution in [0.15, 0.2) is 35.1 Å². The number of hydrogen-bond donors (Lipinski definition) is 0. The van der Waals surface area contributed by atoms with E-state index < -0.39 is 0 Å².